The van der Waals surface area contributed by atoms with Gasteiger partial charge in [0, 0.05) is 25.7 Å². The molecule has 1 rings (SSSR count). The van der Waals surface area contributed by atoms with Crippen LogP contribution in [0.5, 0.6) is 0 Å². The van der Waals surface area contributed by atoms with Crippen LogP contribution in [0.1, 0.15) is 6.92 Å². The summed E-state index contributed by atoms with van der Waals surface area (Å²) in [4.78, 5) is 12.6. The van der Waals surface area contributed by atoms with Crippen molar-refractivity contribution in [2.75, 3.05) is 26.4 Å². The van der Waals surface area contributed by atoms with E-state index in [1.54, 1.807) is 4.90 Å². The summed E-state index contributed by atoms with van der Waals surface area (Å²) in [6.45, 7) is 3.51. The monoisotopic (exact) mass is 174 g/mol. The first-order valence-electron chi connectivity index (χ1n) is 4.00. The maximum Gasteiger partial charge on any atom is 0.411 e. The largest absolute Gasteiger partial charge is 0.422 e. The molecule has 0 aromatic rings. The molecule has 1 unspecified atom stereocenters. The Morgan fingerprint density at radius 3 is 3.17 bits per heavy atom. The zero-order valence-corrected chi connectivity index (χ0v) is 7.12. The van der Waals surface area contributed by atoms with Crippen LogP contribution < -0.4 is 5.32 Å². The van der Waals surface area contributed by atoms with Crippen molar-refractivity contribution in [3.63, 3.8) is 0 Å². The zero-order chi connectivity index (χ0) is 8.97. The van der Waals surface area contributed by atoms with Crippen LogP contribution in [-0.4, -0.2) is 48.6 Å². The number of aliphatic hydroxyl groups excluding tert-OH is 1. The number of nitrogens with one attached hydrogen (secondary N) is 1. The molecule has 1 heterocycles. The third-order valence-corrected chi connectivity index (χ3v) is 1.81. The minimum atomic E-state index is -0.545. The van der Waals surface area contributed by atoms with Gasteiger partial charge in [-0.1, -0.05) is 0 Å². The molecule has 1 aliphatic rings. The zero-order valence-electron chi connectivity index (χ0n) is 7.12. The molecule has 0 saturated carbocycles. The van der Waals surface area contributed by atoms with Crippen LogP contribution in [0.25, 0.3) is 0 Å². The summed E-state index contributed by atoms with van der Waals surface area (Å²) in [5.41, 5.74) is 0. The van der Waals surface area contributed by atoms with Gasteiger partial charge in [-0.25, -0.2) is 4.79 Å². The number of carbonyl (C=O) groups excluding carboxylic acids is 1. The van der Waals surface area contributed by atoms with Crippen molar-refractivity contribution in [2.24, 2.45) is 0 Å². The number of nitrogens with zero attached hydrogens (tertiary/aromatic N) is 1. The highest BCUT2D eigenvalue weighted by atomic mass is 16.6. The topological polar surface area (TPSA) is 61.8 Å². The molecule has 0 aromatic carbocycles. The SMILES string of the molecule is CC1CN(C(=O)OCO)CCN1. The molecule has 1 atom stereocenters. The lowest BCUT2D eigenvalue weighted by atomic mass is 10.2. The Balaban J connectivity index is 2.35. The molecule has 0 bridgehead atoms. The van der Waals surface area contributed by atoms with Gasteiger partial charge in [-0.05, 0) is 6.92 Å². The summed E-state index contributed by atoms with van der Waals surface area (Å²) < 4.78 is 4.44. The van der Waals surface area contributed by atoms with Crippen molar-refractivity contribution in [2.45, 2.75) is 13.0 Å². The van der Waals surface area contributed by atoms with E-state index in [-0.39, 0.29) is 0 Å². The Morgan fingerprint density at radius 1 is 1.83 bits per heavy atom. The smallest absolute Gasteiger partial charge is 0.411 e. The van der Waals surface area contributed by atoms with Gasteiger partial charge < -0.3 is 20.1 Å². The minimum Gasteiger partial charge on any atom is -0.422 e. The fraction of sp³-hybridized carbons (Fsp3) is 0.857. The number of carbonyl (C=O) groups is 1. The highest BCUT2D eigenvalue weighted by Gasteiger charge is 2.20. The van der Waals surface area contributed by atoms with E-state index >= 15 is 0 Å². The molecule has 1 fully saturated rings. The third-order valence-electron chi connectivity index (χ3n) is 1.81. The molecule has 0 radical (unpaired) electrons. The van der Waals surface area contributed by atoms with Crippen molar-refractivity contribution >= 4 is 6.09 Å². The molecule has 0 aromatic heterocycles. The fourth-order valence-corrected chi connectivity index (χ4v) is 1.24. The number of hydrogen-bond acceptors (Lipinski definition) is 4. The summed E-state index contributed by atoms with van der Waals surface area (Å²) in [5.74, 6) is 0. The molecule has 1 aliphatic heterocycles. The molecule has 0 aliphatic carbocycles. The van der Waals surface area contributed by atoms with E-state index in [4.69, 9.17) is 5.11 Å². The van der Waals surface area contributed by atoms with E-state index in [0.717, 1.165) is 6.54 Å². The number of amides is 1. The Kier molecular flexibility index (Phi) is 3.31. The molecule has 5 heteroatoms. The third kappa shape index (κ3) is 2.35. The lowest BCUT2D eigenvalue weighted by Crippen LogP contribution is -2.51. The molecular weight excluding hydrogens is 160 g/mol. The van der Waals surface area contributed by atoms with Gasteiger partial charge in [-0.15, -0.1) is 0 Å². The molecular formula is C7H14N2O3. The van der Waals surface area contributed by atoms with Crippen LogP contribution >= 0.6 is 0 Å². The second-order valence-electron chi connectivity index (χ2n) is 2.84. The second-order valence-corrected chi connectivity index (χ2v) is 2.84. The van der Waals surface area contributed by atoms with E-state index in [1.165, 1.54) is 0 Å². The number of rotatable bonds is 1. The van der Waals surface area contributed by atoms with Crippen molar-refractivity contribution in [1.29, 1.82) is 0 Å². The van der Waals surface area contributed by atoms with E-state index in [1.807, 2.05) is 6.92 Å². The van der Waals surface area contributed by atoms with Crippen LogP contribution in [0, 0.1) is 0 Å². The van der Waals surface area contributed by atoms with Gasteiger partial charge in [0.15, 0.2) is 6.79 Å². The van der Waals surface area contributed by atoms with E-state index in [0.29, 0.717) is 19.1 Å². The highest BCUT2D eigenvalue weighted by Crippen LogP contribution is 2.00. The molecule has 1 saturated heterocycles. The van der Waals surface area contributed by atoms with Crippen molar-refractivity contribution in [3.8, 4) is 0 Å². The van der Waals surface area contributed by atoms with E-state index in [2.05, 4.69) is 10.1 Å². The maximum atomic E-state index is 11.1. The average Bonchev–Trinajstić information content (AvgIpc) is 2.05. The summed E-state index contributed by atoms with van der Waals surface area (Å²) >= 11 is 0. The first-order valence-corrected chi connectivity index (χ1v) is 4.00. The van der Waals surface area contributed by atoms with Gasteiger partial charge in [0.1, 0.15) is 0 Å². The van der Waals surface area contributed by atoms with E-state index in [9.17, 15) is 4.79 Å². The molecule has 70 valence electrons. The van der Waals surface area contributed by atoms with Crippen LogP contribution in [0.3, 0.4) is 0 Å². The standard InChI is InChI=1S/C7H14N2O3/c1-6-4-9(3-2-8-6)7(11)12-5-10/h6,8,10H,2-5H2,1H3. The quantitative estimate of drug-likeness (QED) is 0.519. The minimum absolute atomic E-state index is 0.296. The highest BCUT2D eigenvalue weighted by molar-refractivity contribution is 5.67. The Bertz CT molecular complexity index is 163. The number of aliphatic hydroxyl groups is 1. The predicted molar refractivity (Wildman–Crippen MR) is 42.6 cm³/mol. The van der Waals surface area contributed by atoms with Crippen LogP contribution in [-0.2, 0) is 4.74 Å². The summed E-state index contributed by atoms with van der Waals surface area (Å²) in [6, 6.07) is 0.296. The summed E-state index contributed by atoms with van der Waals surface area (Å²) in [7, 11) is 0. The first-order chi connectivity index (χ1) is 5.74. The van der Waals surface area contributed by atoms with Crippen molar-refractivity contribution in [3.05, 3.63) is 0 Å². The lowest BCUT2D eigenvalue weighted by Gasteiger charge is -2.30. The predicted octanol–water partition coefficient (Wildman–Crippen LogP) is -0.634. The second kappa shape index (κ2) is 4.27. The summed E-state index contributed by atoms with van der Waals surface area (Å²) in [5, 5.41) is 11.5. The van der Waals surface area contributed by atoms with Gasteiger partial charge in [-0.2, -0.15) is 0 Å². The first kappa shape index (κ1) is 9.28. The van der Waals surface area contributed by atoms with Crippen LogP contribution in [0.15, 0.2) is 0 Å². The van der Waals surface area contributed by atoms with Crippen molar-refractivity contribution < 1.29 is 14.6 Å². The maximum absolute atomic E-state index is 11.1. The molecule has 0 spiro atoms. The average molecular weight is 174 g/mol. The Morgan fingerprint density at radius 2 is 2.58 bits per heavy atom. The number of ether oxygens (including phenoxy) is 1. The van der Waals surface area contributed by atoms with Crippen LogP contribution in [0.4, 0.5) is 4.79 Å². The normalized spacial score (nSPS) is 23.8. The van der Waals surface area contributed by atoms with E-state index < -0.39 is 12.9 Å². The van der Waals surface area contributed by atoms with Crippen LogP contribution in [0.2, 0.25) is 0 Å². The Hall–Kier alpha value is -0.810. The molecule has 1 amide bonds. The van der Waals surface area contributed by atoms with Gasteiger partial charge in [0.05, 0.1) is 0 Å². The van der Waals surface area contributed by atoms with Gasteiger partial charge >= 0.3 is 6.09 Å². The molecule has 12 heavy (non-hydrogen) atoms. The van der Waals surface area contributed by atoms with Crippen molar-refractivity contribution in [1.82, 2.24) is 10.2 Å². The van der Waals surface area contributed by atoms with Gasteiger partial charge in [0.25, 0.3) is 0 Å². The van der Waals surface area contributed by atoms with Gasteiger partial charge in [-0.3, -0.25) is 0 Å². The van der Waals surface area contributed by atoms with Gasteiger partial charge in [0.2, 0.25) is 0 Å². The number of piperazine rings is 1. The number of hydrogen-bond donors (Lipinski definition) is 2. The Labute approximate surface area is 71.3 Å². The summed E-state index contributed by atoms with van der Waals surface area (Å²) in [6.07, 6.45) is -0.439. The molecule has 2 N–H and O–H groups in total. The fourth-order valence-electron chi connectivity index (χ4n) is 1.24. The lowest BCUT2D eigenvalue weighted by molar-refractivity contribution is 0.0181. The molecule has 5 nitrogen and oxygen atoms in total.